The number of benzene rings is 1. The number of para-hydroxylation sites is 1. The van der Waals surface area contributed by atoms with Crippen molar-refractivity contribution in [2.45, 2.75) is 38.3 Å². The van der Waals surface area contributed by atoms with Crippen LogP contribution in [0.2, 0.25) is 0 Å². The van der Waals surface area contributed by atoms with Crippen molar-refractivity contribution in [3.05, 3.63) is 29.8 Å². The van der Waals surface area contributed by atoms with Crippen LogP contribution in [0, 0.1) is 11.3 Å². The fourth-order valence-corrected chi connectivity index (χ4v) is 2.80. The normalized spacial score (nSPS) is 21.1. The average Bonchev–Trinajstić information content (AvgIpc) is 2.48. The van der Waals surface area contributed by atoms with E-state index in [9.17, 15) is 5.11 Å². The molecule has 1 aliphatic heterocycles. The molecule has 0 unspecified atom stereocenters. The van der Waals surface area contributed by atoms with Gasteiger partial charge in [-0.2, -0.15) is 5.26 Å². The Labute approximate surface area is 120 Å². The topological polar surface area (TPSA) is 56.5 Å². The molecule has 108 valence electrons. The molecule has 0 radical (unpaired) electrons. The third kappa shape index (κ3) is 3.72. The van der Waals surface area contributed by atoms with Crippen LogP contribution < -0.4 is 4.74 Å². The van der Waals surface area contributed by atoms with Crippen molar-refractivity contribution in [2.75, 3.05) is 19.7 Å². The SMILES string of the molecule is C[C@@H](O)[C@H]1CCCCN1CCOc1ccccc1C#N. The molecule has 0 bridgehead atoms. The molecule has 1 heterocycles. The van der Waals surface area contributed by atoms with Crippen LogP contribution >= 0.6 is 0 Å². The highest BCUT2D eigenvalue weighted by molar-refractivity contribution is 5.42. The number of aliphatic hydroxyl groups is 1. The van der Waals surface area contributed by atoms with Crippen LogP contribution in [0.1, 0.15) is 31.7 Å². The van der Waals surface area contributed by atoms with E-state index in [1.807, 2.05) is 25.1 Å². The molecular formula is C16H22N2O2. The Morgan fingerprint density at radius 1 is 1.45 bits per heavy atom. The molecule has 0 saturated carbocycles. The molecule has 0 aliphatic carbocycles. The number of ether oxygens (including phenoxy) is 1. The summed E-state index contributed by atoms with van der Waals surface area (Å²) < 4.78 is 5.71. The van der Waals surface area contributed by atoms with Crippen molar-refractivity contribution in [1.82, 2.24) is 4.90 Å². The summed E-state index contributed by atoms with van der Waals surface area (Å²) in [6.45, 7) is 4.20. The predicted molar refractivity (Wildman–Crippen MR) is 77.5 cm³/mol. The molecule has 4 heteroatoms. The highest BCUT2D eigenvalue weighted by Crippen LogP contribution is 2.20. The number of aliphatic hydroxyl groups excluding tert-OH is 1. The minimum absolute atomic E-state index is 0.235. The van der Waals surface area contributed by atoms with Crippen LogP contribution in [0.3, 0.4) is 0 Å². The van der Waals surface area contributed by atoms with Crippen molar-refractivity contribution >= 4 is 0 Å². The van der Waals surface area contributed by atoms with Gasteiger partial charge in [0.15, 0.2) is 0 Å². The third-order valence-corrected chi connectivity index (χ3v) is 3.86. The first-order chi connectivity index (χ1) is 9.72. The number of hydrogen-bond donors (Lipinski definition) is 1. The molecule has 2 atom stereocenters. The summed E-state index contributed by atoms with van der Waals surface area (Å²) in [5.41, 5.74) is 0.568. The predicted octanol–water partition coefficient (Wildman–Crippen LogP) is 2.17. The Hall–Kier alpha value is -1.57. The van der Waals surface area contributed by atoms with Crippen molar-refractivity contribution in [1.29, 1.82) is 5.26 Å². The van der Waals surface area contributed by atoms with Gasteiger partial charge in [0.2, 0.25) is 0 Å². The van der Waals surface area contributed by atoms with Crippen LogP contribution in [-0.2, 0) is 0 Å². The van der Waals surface area contributed by atoms with Crippen molar-refractivity contribution in [2.24, 2.45) is 0 Å². The fourth-order valence-electron chi connectivity index (χ4n) is 2.80. The lowest BCUT2D eigenvalue weighted by Crippen LogP contribution is -2.47. The number of rotatable bonds is 5. The van der Waals surface area contributed by atoms with E-state index in [2.05, 4.69) is 11.0 Å². The van der Waals surface area contributed by atoms with Gasteiger partial charge >= 0.3 is 0 Å². The zero-order valence-electron chi connectivity index (χ0n) is 12.0. The maximum Gasteiger partial charge on any atom is 0.137 e. The molecule has 4 nitrogen and oxygen atoms in total. The second kappa shape index (κ2) is 7.28. The first kappa shape index (κ1) is 14.8. The van der Waals surface area contributed by atoms with E-state index in [0.29, 0.717) is 17.9 Å². The standard InChI is InChI=1S/C16H22N2O2/c1-13(19)15-7-4-5-9-18(15)10-11-20-16-8-3-2-6-14(16)12-17/h2-3,6,8,13,15,19H,4-5,7,9-11H2,1H3/t13-,15-/m1/s1. The van der Waals surface area contributed by atoms with Crippen LogP contribution in [-0.4, -0.2) is 41.8 Å². The van der Waals surface area contributed by atoms with Gasteiger partial charge in [0.1, 0.15) is 18.4 Å². The molecule has 1 aromatic rings. The lowest BCUT2D eigenvalue weighted by molar-refractivity contribution is 0.0293. The summed E-state index contributed by atoms with van der Waals surface area (Å²) >= 11 is 0. The molecule has 0 amide bonds. The summed E-state index contributed by atoms with van der Waals surface area (Å²) in [7, 11) is 0. The zero-order valence-corrected chi connectivity index (χ0v) is 12.0. The van der Waals surface area contributed by atoms with Gasteiger partial charge in [-0.3, -0.25) is 4.90 Å². The van der Waals surface area contributed by atoms with Gasteiger partial charge in [0.05, 0.1) is 11.7 Å². The smallest absolute Gasteiger partial charge is 0.137 e. The Kier molecular flexibility index (Phi) is 5.40. The van der Waals surface area contributed by atoms with Gasteiger partial charge in [0, 0.05) is 12.6 Å². The largest absolute Gasteiger partial charge is 0.491 e. The van der Waals surface area contributed by atoms with E-state index in [1.54, 1.807) is 6.07 Å². The fraction of sp³-hybridized carbons (Fsp3) is 0.562. The Bertz CT molecular complexity index is 468. The number of nitriles is 1. The van der Waals surface area contributed by atoms with Gasteiger partial charge in [-0.25, -0.2) is 0 Å². The lowest BCUT2D eigenvalue weighted by atomic mass is 9.98. The molecule has 1 fully saturated rings. The van der Waals surface area contributed by atoms with Crippen molar-refractivity contribution < 1.29 is 9.84 Å². The van der Waals surface area contributed by atoms with Crippen molar-refractivity contribution in [3.63, 3.8) is 0 Å². The van der Waals surface area contributed by atoms with Crippen molar-refractivity contribution in [3.8, 4) is 11.8 Å². The maximum absolute atomic E-state index is 9.82. The van der Waals surface area contributed by atoms with E-state index in [-0.39, 0.29) is 12.1 Å². The second-order valence-corrected chi connectivity index (χ2v) is 5.30. The summed E-state index contributed by atoms with van der Waals surface area (Å²) in [4.78, 5) is 2.29. The van der Waals surface area contributed by atoms with E-state index in [0.717, 1.165) is 19.5 Å². The highest BCUT2D eigenvalue weighted by Gasteiger charge is 2.25. The van der Waals surface area contributed by atoms with E-state index < -0.39 is 0 Å². The average molecular weight is 274 g/mol. The Morgan fingerprint density at radius 3 is 3.00 bits per heavy atom. The third-order valence-electron chi connectivity index (χ3n) is 3.86. The van der Waals surface area contributed by atoms with Crippen LogP contribution in [0.5, 0.6) is 5.75 Å². The Morgan fingerprint density at radius 2 is 2.25 bits per heavy atom. The van der Waals surface area contributed by atoms with Gasteiger partial charge in [-0.1, -0.05) is 18.6 Å². The van der Waals surface area contributed by atoms with E-state index in [4.69, 9.17) is 10.00 Å². The molecule has 2 rings (SSSR count). The number of nitrogens with zero attached hydrogens (tertiary/aromatic N) is 2. The summed E-state index contributed by atoms with van der Waals surface area (Å²) in [5, 5.41) is 18.8. The van der Waals surface area contributed by atoms with Gasteiger partial charge in [-0.15, -0.1) is 0 Å². The zero-order chi connectivity index (χ0) is 14.4. The highest BCUT2D eigenvalue weighted by atomic mass is 16.5. The van der Waals surface area contributed by atoms with Gasteiger partial charge in [0.25, 0.3) is 0 Å². The number of piperidine rings is 1. The lowest BCUT2D eigenvalue weighted by Gasteiger charge is -2.37. The molecule has 1 aromatic carbocycles. The first-order valence-corrected chi connectivity index (χ1v) is 7.26. The minimum Gasteiger partial charge on any atom is -0.491 e. The van der Waals surface area contributed by atoms with Crippen LogP contribution in [0.25, 0.3) is 0 Å². The molecule has 20 heavy (non-hydrogen) atoms. The Balaban J connectivity index is 1.87. The second-order valence-electron chi connectivity index (χ2n) is 5.30. The monoisotopic (exact) mass is 274 g/mol. The molecule has 0 spiro atoms. The number of hydrogen-bond acceptors (Lipinski definition) is 4. The van der Waals surface area contributed by atoms with E-state index in [1.165, 1.54) is 12.8 Å². The summed E-state index contributed by atoms with van der Waals surface area (Å²) in [6.07, 6.45) is 3.11. The minimum atomic E-state index is -0.304. The van der Waals surface area contributed by atoms with Crippen LogP contribution in [0.15, 0.2) is 24.3 Å². The first-order valence-electron chi connectivity index (χ1n) is 7.26. The quantitative estimate of drug-likeness (QED) is 0.894. The van der Waals surface area contributed by atoms with Gasteiger partial charge < -0.3 is 9.84 Å². The summed E-state index contributed by atoms with van der Waals surface area (Å²) in [5.74, 6) is 0.639. The summed E-state index contributed by atoms with van der Waals surface area (Å²) in [6, 6.07) is 9.65. The molecule has 1 N–H and O–H groups in total. The molecule has 1 saturated heterocycles. The van der Waals surface area contributed by atoms with Crippen LogP contribution in [0.4, 0.5) is 0 Å². The number of likely N-dealkylation sites (tertiary alicyclic amines) is 1. The van der Waals surface area contributed by atoms with E-state index >= 15 is 0 Å². The maximum atomic E-state index is 9.82. The van der Waals surface area contributed by atoms with Gasteiger partial charge in [-0.05, 0) is 38.4 Å². The molecule has 0 aromatic heterocycles. The molecular weight excluding hydrogens is 252 g/mol. The molecule has 1 aliphatic rings.